The highest BCUT2D eigenvalue weighted by molar-refractivity contribution is 9.10. The monoisotopic (exact) mass is 456 g/mol. The molecule has 5 heteroatoms. The van der Waals surface area contributed by atoms with Crippen LogP contribution in [0.25, 0.3) is 0 Å². The largest absolute Gasteiger partial charge is 0.497 e. The molecule has 0 saturated carbocycles. The van der Waals surface area contributed by atoms with Gasteiger partial charge in [0.15, 0.2) is 0 Å². The van der Waals surface area contributed by atoms with Crippen molar-refractivity contribution < 1.29 is 9.53 Å². The van der Waals surface area contributed by atoms with Gasteiger partial charge in [-0.15, -0.1) is 0 Å². The number of ether oxygens (including phenoxy) is 1. The maximum atomic E-state index is 12.0. The first kappa shape index (κ1) is 20.4. The van der Waals surface area contributed by atoms with Crippen molar-refractivity contribution in [3.8, 4) is 5.75 Å². The number of carbonyl (C=O) groups is 1. The second-order valence-electron chi connectivity index (χ2n) is 8.27. The Morgan fingerprint density at radius 1 is 1.17 bits per heavy atom. The second kappa shape index (κ2) is 9.31. The van der Waals surface area contributed by atoms with Gasteiger partial charge >= 0.3 is 0 Å². The van der Waals surface area contributed by atoms with Crippen molar-refractivity contribution in [3.05, 3.63) is 58.1 Å². The van der Waals surface area contributed by atoms with Gasteiger partial charge in [0.2, 0.25) is 5.91 Å². The van der Waals surface area contributed by atoms with E-state index >= 15 is 0 Å². The van der Waals surface area contributed by atoms with Crippen LogP contribution in [0.4, 0.5) is 5.69 Å². The van der Waals surface area contributed by atoms with Gasteiger partial charge in [-0.05, 0) is 92.5 Å². The topological polar surface area (TPSA) is 41.6 Å². The summed E-state index contributed by atoms with van der Waals surface area (Å²) in [6, 6.07) is 14.5. The number of hydrogen-bond acceptors (Lipinski definition) is 3. The van der Waals surface area contributed by atoms with E-state index in [-0.39, 0.29) is 5.91 Å². The fourth-order valence-corrected chi connectivity index (χ4v) is 5.07. The molecule has 2 aliphatic rings. The van der Waals surface area contributed by atoms with Crippen molar-refractivity contribution in [3.63, 3.8) is 0 Å². The quantitative estimate of drug-likeness (QED) is 0.646. The van der Waals surface area contributed by atoms with Crippen molar-refractivity contribution in [2.24, 2.45) is 5.92 Å². The zero-order chi connectivity index (χ0) is 20.2. The number of likely N-dealkylation sites (tertiary alicyclic amines) is 1. The highest BCUT2D eigenvalue weighted by Crippen LogP contribution is 2.35. The van der Waals surface area contributed by atoms with E-state index in [9.17, 15) is 4.79 Å². The Balaban J connectivity index is 1.28. The third-order valence-electron chi connectivity index (χ3n) is 6.37. The molecular formula is C24H29BrN2O2. The summed E-state index contributed by atoms with van der Waals surface area (Å²) in [7, 11) is 1.72. The zero-order valence-corrected chi connectivity index (χ0v) is 18.6. The van der Waals surface area contributed by atoms with Gasteiger partial charge in [-0.1, -0.05) is 34.1 Å². The summed E-state index contributed by atoms with van der Waals surface area (Å²) < 4.78 is 6.56. The van der Waals surface area contributed by atoms with Crippen molar-refractivity contribution in [2.75, 3.05) is 32.1 Å². The third kappa shape index (κ3) is 5.01. The van der Waals surface area contributed by atoms with E-state index in [1.54, 1.807) is 7.11 Å². The molecule has 0 radical (unpaired) electrons. The highest BCUT2D eigenvalue weighted by Gasteiger charge is 2.26. The van der Waals surface area contributed by atoms with Crippen LogP contribution in [0, 0.1) is 5.92 Å². The molecule has 2 aromatic carbocycles. The van der Waals surface area contributed by atoms with Crippen LogP contribution in [-0.4, -0.2) is 37.6 Å². The Morgan fingerprint density at radius 2 is 1.97 bits per heavy atom. The number of methoxy groups -OCH3 is 1. The second-order valence-corrected chi connectivity index (χ2v) is 9.13. The number of nitrogens with one attached hydrogen (secondary N) is 1. The van der Waals surface area contributed by atoms with E-state index in [1.165, 1.54) is 28.4 Å². The Morgan fingerprint density at radius 3 is 2.76 bits per heavy atom. The summed E-state index contributed by atoms with van der Waals surface area (Å²) in [5.74, 6) is 2.13. The first-order chi connectivity index (χ1) is 14.1. The minimum Gasteiger partial charge on any atom is -0.497 e. The first-order valence-corrected chi connectivity index (χ1v) is 11.3. The van der Waals surface area contributed by atoms with Gasteiger partial charge in [-0.25, -0.2) is 0 Å². The Hall–Kier alpha value is -1.85. The van der Waals surface area contributed by atoms with Crippen LogP contribution in [0.1, 0.15) is 42.7 Å². The molecule has 2 heterocycles. The molecule has 2 aromatic rings. The maximum Gasteiger partial charge on any atom is 0.224 e. The van der Waals surface area contributed by atoms with E-state index in [4.69, 9.17) is 4.74 Å². The number of nitrogens with zero attached hydrogens (tertiary/aromatic N) is 1. The summed E-state index contributed by atoms with van der Waals surface area (Å²) in [6.07, 6.45) is 5.21. The van der Waals surface area contributed by atoms with Gasteiger partial charge < -0.3 is 15.0 Å². The molecule has 1 unspecified atom stereocenters. The molecular weight excluding hydrogens is 428 g/mol. The molecule has 1 N–H and O–H groups in total. The van der Waals surface area contributed by atoms with Crippen LogP contribution in [0.2, 0.25) is 0 Å². The van der Waals surface area contributed by atoms with Crippen LogP contribution >= 0.6 is 15.9 Å². The lowest BCUT2D eigenvalue weighted by Gasteiger charge is -2.34. The molecule has 1 saturated heterocycles. The Bertz CT molecular complexity index is 862. The molecule has 4 rings (SSSR count). The van der Waals surface area contributed by atoms with E-state index in [0.29, 0.717) is 12.3 Å². The van der Waals surface area contributed by atoms with Crippen molar-refractivity contribution in [1.29, 1.82) is 0 Å². The number of amides is 1. The highest BCUT2D eigenvalue weighted by atomic mass is 79.9. The smallest absolute Gasteiger partial charge is 0.224 e. The molecule has 29 heavy (non-hydrogen) atoms. The number of halogens is 1. The number of benzene rings is 2. The first-order valence-electron chi connectivity index (χ1n) is 10.6. The van der Waals surface area contributed by atoms with Gasteiger partial charge in [0.25, 0.3) is 0 Å². The van der Waals surface area contributed by atoms with Gasteiger partial charge in [-0.2, -0.15) is 0 Å². The average molecular weight is 457 g/mol. The number of anilines is 1. The van der Waals surface area contributed by atoms with Crippen molar-refractivity contribution in [1.82, 2.24) is 4.90 Å². The number of hydrogen-bond donors (Lipinski definition) is 1. The van der Waals surface area contributed by atoms with E-state index in [1.807, 2.05) is 18.2 Å². The number of fused-ring (bicyclic) bond motifs is 1. The van der Waals surface area contributed by atoms with Gasteiger partial charge in [0.05, 0.1) is 7.11 Å². The SMILES string of the molecule is COc1ccc(Br)c(CC2CCN(CCC3CC(=O)Nc4ccccc43)CC2)c1. The van der Waals surface area contributed by atoms with Crippen LogP contribution in [0.15, 0.2) is 46.9 Å². The van der Waals surface area contributed by atoms with Crippen LogP contribution < -0.4 is 10.1 Å². The number of rotatable bonds is 6. The summed E-state index contributed by atoms with van der Waals surface area (Å²) in [5.41, 5.74) is 3.63. The molecule has 1 amide bonds. The lowest BCUT2D eigenvalue weighted by Crippen LogP contribution is -2.36. The molecule has 0 bridgehead atoms. The van der Waals surface area contributed by atoms with Gasteiger partial charge in [0.1, 0.15) is 5.75 Å². The molecule has 2 aliphatic heterocycles. The summed E-state index contributed by atoms with van der Waals surface area (Å²) in [4.78, 5) is 14.6. The van der Waals surface area contributed by atoms with Crippen LogP contribution in [0.5, 0.6) is 5.75 Å². The minimum absolute atomic E-state index is 0.149. The summed E-state index contributed by atoms with van der Waals surface area (Å²) in [5, 5.41) is 3.00. The van der Waals surface area contributed by atoms with E-state index in [0.717, 1.165) is 49.8 Å². The van der Waals surface area contributed by atoms with Crippen LogP contribution in [-0.2, 0) is 11.2 Å². The standard InChI is InChI=1S/C24H29BrN2O2/c1-29-20-6-7-22(25)19(15-20)14-17-8-11-27(12-9-17)13-10-18-16-24(28)26-23-5-3-2-4-21(18)23/h2-7,15,17-18H,8-14,16H2,1H3,(H,26,28). The fourth-order valence-electron chi connectivity index (χ4n) is 4.66. The molecule has 0 aliphatic carbocycles. The maximum absolute atomic E-state index is 12.0. The van der Waals surface area contributed by atoms with Gasteiger partial charge in [-0.3, -0.25) is 4.79 Å². The average Bonchev–Trinajstić information content (AvgIpc) is 2.74. The molecule has 0 spiro atoms. The molecule has 4 nitrogen and oxygen atoms in total. The Labute approximate surface area is 181 Å². The van der Waals surface area contributed by atoms with E-state index < -0.39 is 0 Å². The number of para-hydroxylation sites is 1. The van der Waals surface area contributed by atoms with Gasteiger partial charge in [0, 0.05) is 16.6 Å². The predicted octanol–water partition coefficient (Wildman–Crippen LogP) is 5.23. The number of carbonyl (C=O) groups excluding carboxylic acids is 1. The lowest BCUT2D eigenvalue weighted by atomic mass is 9.87. The minimum atomic E-state index is 0.149. The zero-order valence-electron chi connectivity index (χ0n) is 17.0. The Kier molecular flexibility index (Phi) is 6.56. The molecule has 1 fully saturated rings. The van der Waals surface area contributed by atoms with E-state index in [2.05, 4.69) is 50.4 Å². The summed E-state index contributed by atoms with van der Waals surface area (Å²) >= 11 is 3.69. The predicted molar refractivity (Wildman–Crippen MR) is 121 cm³/mol. The molecule has 154 valence electrons. The molecule has 0 aromatic heterocycles. The third-order valence-corrected chi connectivity index (χ3v) is 7.14. The fraction of sp³-hybridized carbons (Fsp3) is 0.458. The normalized spacial score (nSPS) is 20.2. The van der Waals surface area contributed by atoms with Crippen molar-refractivity contribution >= 4 is 27.5 Å². The van der Waals surface area contributed by atoms with Crippen molar-refractivity contribution in [2.45, 2.75) is 38.0 Å². The number of piperidine rings is 1. The van der Waals surface area contributed by atoms with Crippen LogP contribution in [0.3, 0.4) is 0 Å². The summed E-state index contributed by atoms with van der Waals surface area (Å²) in [6.45, 7) is 3.36. The lowest BCUT2D eigenvalue weighted by molar-refractivity contribution is -0.116. The molecule has 1 atom stereocenters.